The Morgan fingerprint density at radius 3 is 2.71 bits per heavy atom. The zero-order valence-electron chi connectivity index (χ0n) is 12.7. The minimum Gasteiger partial charge on any atom is -0.396 e. The van der Waals surface area contributed by atoms with Gasteiger partial charge in [0.1, 0.15) is 5.82 Å². The van der Waals surface area contributed by atoms with Gasteiger partial charge in [-0.05, 0) is 31.7 Å². The highest BCUT2D eigenvalue weighted by Gasteiger charge is 2.29. The van der Waals surface area contributed by atoms with Gasteiger partial charge in [0.05, 0.1) is 17.6 Å². The van der Waals surface area contributed by atoms with Crippen LogP contribution in [0.1, 0.15) is 26.7 Å². The van der Waals surface area contributed by atoms with E-state index >= 15 is 0 Å². The predicted octanol–water partition coefficient (Wildman–Crippen LogP) is 1.66. The number of rotatable bonds is 4. The summed E-state index contributed by atoms with van der Waals surface area (Å²) in [7, 11) is 0. The van der Waals surface area contributed by atoms with E-state index in [0.717, 1.165) is 26.1 Å². The molecule has 1 aliphatic rings. The lowest BCUT2D eigenvalue weighted by Crippen LogP contribution is -2.39. The summed E-state index contributed by atoms with van der Waals surface area (Å²) in [6, 6.07) is 1.71. The summed E-state index contributed by atoms with van der Waals surface area (Å²) < 4.78 is 5.36. The van der Waals surface area contributed by atoms with E-state index in [9.17, 15) is 4.79 Å². The number of carbonyl (C=O) groups is 1. The van der Waals surface area contributed by atoms with Gasteiger partial charge in [-0.2, -0.15) is 0 Å². The molecule has 6 heteroatoms. The van der Waals surface area contributed by atoms with Crippen molar-refractivity contribution >= 4 is 23.1 Å². The monoisotopic (exact) mass is 292 g/mol. The second-order valence-corrected chi connectivity index (χ2v) is 5.49. The fourth-order valence-electron chi connectivity index (χ4n) is 2.76. The standard InChI is InChI=1S/C15H24N4O2/c1-3-19(12-8-13(16)14(17)18-9-12)15(20)10(2)11-4-6-21-7-5-11/h8-11H,3-7,16H2,1-2H3,(H2,17,18). The summed E-state index contributed by atoms with van der Waals surface area (Å²) in [5, 5.41) is 0. The Balaban J connectivity index is 2.15. The third-order valence-corrected chi connectivity index (χ3v) is 4.19. The molecular formula is C15H24N4O2. The molecule has 0 aromatic carbocycles. The maximum Gasteiger partial charge on any atom is 0.230 e. The van der Waals surface area contributed by atoms with Crippen LogP contribution in [0, 0.1) is 11.8 Å². The Hall–Kier alpha value is -1.82. The van der Waals surface area contributed by atoms with Crippen LogP contribution in [0.15, 0.2) is 12.3 Å². The van der Waals surface area contributed by atoms with Crippen molar-refractivity contribution in [1.82, 2.24) is 4.98 Å². The summed E-state index contributed by atoms with van der Waals surface area (Å²) in [6.45, 7) is 6.00. The van der Waals surface area contributed by atoms with Gasteiger partial charge in [-0.15, -0.1) is 0 Å². The Labute approximate surface area is 125 Å². The van der Waals surface area contributed by atoms with Crippen molar-refractivity contribution < 1.29 is 9.53 Å². The van der Waals surface area contributed by atoms with Gasteiger partial charge in [0, 0.05) is 25.7 Å². The van der Waals surface area contributed by atoms with E-state index in [1.807, 2.05) is 13.8 Å². The molecule has 0 bridgehead atoms. The van der Waals surface area contributed by atoms with Gasteiger partial charge in [0.2, 0.25) is 5.91 Å². The van der Waals surface area contributed by atoms with Crippen LogP contribution >= 0.6 is 0 Å². The molecule has 0 saturated carbocycles. The number of aromatic nitrogens is 1. The zero-order chi connectivity index (χ0) is 15.4. The summed E-state index contributed by atoms with van der Waals surface area (Å²) in [5.41, 5.74) is 12.5. The van der Waals surface area contributed by atoms with Crippen molar-refractivity contribution in [3.8, 4) is 0 Å². The number of nitrogens with two attached hydrogens (primary N) is 2. The number of amides is 1. The Bertz CT molecular complexity index is 500. The lowest BCUT2D eigenvalue weighted by atomic mass is 9.86. The third kappa shape index (κ3) is 3.44. The lowest BCUT2D eigenvalue weighted by molar-refractivity contribution is -0.124. The van der Waals surface area contributed by atoms with E-state index in [2.05, 4.69) is 4.98 Å². The van der Waals surface area contributed by atoms with Gasteiger partial charge in [-0.1, -0.05) is 6.92 Å². The number of anilines is 3. The summed E-state index contributed by atoms with van der Waals surface area (Å²) >= 11 is 0. The van der Waals surface area contributed by atoms with Crippen LogP contribution in [0.5, 0.6) is 0 Å². The van der Waals surface area contributed by atoms with Gasteiger partial charge in [0.25, 0.3) is 0 Å². The van der Waals surface area contributed by atoms with Gasteiger partial charge in [-0.3, -0.25) is 4.79 Å². The van der Waals surface area contributed by atoms with Crippen molar-refractivity contribution in [2.45, 2.75) is 26.7 Å². The molecule has 1 unspecified atom stereocenters. The molecule has 1 atom stereocenters. The average molecular weight is 292 g/mol. The van der Waals surface area contributed by atoms with Crippen molar-refractivity contribution in [2.24, 2.45) is 11.8 Å². The van der Waals surface area contributed by atoms with Crippen LogP contribution in [0.2, 0.25) is 0 Å². The lowest BCUT2D eigenvalue weighted by Gasteiger charge is -2.31. The quantitative estimate of drug-likeness (QED) is 0.880. The van der Waals surface area contributed by atoms with Gasteiger partial charge in [0.15, 0.2) is 0 Å². The maximum atomic E-state index is 12.8. The van der Waals surface area contributed by atoms with Crippen molar-refractivity contribution in [3.05, 3.63) is 12.3 Å². The molecule has 0 aliphatic carbocycles. The van der Waals surface area contributed by atoms with E-state index in [0.29, 0.717) is 29.7 Å². The molecule has 2 rings (SSSR count). The molecular weight excluding hydrogens is 268 g/mol. The molecule has 0 radical (unpaired) electrons. The summed E-state index contributed by atoms with van der Waals surface area (Å²) in [4.78, 5) is 18.5. The SMILES string of the molecule is CCN(C(=O)C(C)C1CCOCC1)c1cnc(N)c(N)c1. The summed E-state index contributed by atoms with van der Waals surface area (Å²) in [6.07, 6.45) is 3.48. The first-order chi connectivity index (χ1) is 10.0. The number of nitrogen functional groups attached to an aromatic ring is 2. The fraction of sp³-hybridized carbons (Fsp3) is 0.600. The summed E-state index contributed by atoms with van der Waals surface area (Å²) in [5.74, 6) is 0.738. The highest BCUT2D eigenvalue weighted by molar-refractivity contribution is 5.95. The first kappa shape index (κ1) is 15.6. The van der Waals surface area contributed by atoms with E-state index < -0.39 is 0 Å². The number of ether oxygens (including phenoxy) is 1. The average Bonchev–Trinajstić information content (AvgIpc) is 2.51. The van der Waals surface area contributed by atoms with Crippen molar-refractivity contribution in [1.29, 1.82) is 0 Å². The second kappa shape index (κ2) is 6.76. The molecule has 0 spiro atoms. The minimum absolute atomic E-state index is 0.0346. The van der Waals surface area contributed by atoms with Gasteiger partial charge in [-0.25, -0.2) is 4.98 Å². The number of pyridine rings is 1. The molecule has 1 aromatic rings. The molecule has 1 aromatic heterocycles. The van der Waals surface area contributed by atoms with Crippen LogP contribution in [-0.2, 0) is 9.53 Å². The molecule has 116 valence electrons. The van der Waals surface area contributed by atoms with Crippen LogP contribution < -0.4 is 16.4 Å². The van der Waals surface area contributed by atoms with Gasteiger partial charge >= 0.3 is 0 Å². The normalized spacial score (nSPS) is 17.4. The first-order valence-electron chi connectivity index (χ1n) is 7.44. The van der Waals surface area contributed by atoms with Crippen LogP contribution in [0.4, 0.5) is 17.2 Å². The molecule has 4 N–H and O–H groups in total. The van der Waals surface area contributed by atoms with E-state index in [4.69, 9.17) is 16.2 Å². The molecule has 1 amide bonds. The largest absolute Gasteiger partial charge is 0.396 e. The smallest absolute Gasteiger partial charge is 0.230 e. The highest BCUT2D eigenvalue weighted by Crippen LogP contribution is 2.28. The van der Waals surface area contributed by atoms with Gasteiger partial charge < -0.3 is 21.1 Å². The zero-order valence-corrected chi connectivity index (χ0v) is 12.7. The Kier molecular flexibility index (Phi) is 5.01. The van der Waals surface area contributed by atoms with Crippen molar-refractivity contribution in [3.63, 3.8) is 0 Å². The number of carbonyl (C=O) groups excluding carboxylic acids is 1. The van der Waals surface area contributed by atoms with E-state index in [1.54, 1.807) is 17.2 Å². The Morgan fingerprint density at radius 1 is 1.48 bits per heavy atom. The minimum atomic E-state index is -0.0346. The van der Waals surface area contributed by atoms with E-state index in [1.165, 1.54) is 0 Å². The Morgan fingerprint density at radius 2 is 2.14 bits per heavy atom. The maximum absolute atomic E-state index is 12.8. The van der Waals surface area contributed by atoms with Crippen LogP contribution in [0.25, 0.3) is 0 Å². The molecule has 2 heterocycles. The molecule has 1 aliphatic heterocycles. The first-order valence-corrected chi connectivity index (χ1v) is 7.44. The predicted molar refractivity (Wildman–Crippen MR) is 83.8 cm³/mol. The van der Waals surface area contributed by atoms with E-state index in [-0.39, 0.29) is 11.8 Å². The molecule has 1 saturated heterocycles. The van der Waals surface area contributed by atoms with Crippen molar-refractivity contribution in [2.75, 3.05) is 36.1 Å². The number of nitrogens with zero attached hydrogens (tertiary/aromatic N) is 2. The fourth-order valence-corrected chi connectivity index (χ4v) is 2.76. The molecule has 6 nitrogen and oxygen atoms in total. The number of hydrogen-bond acceptors (Lipinski definition) is 5. The topological polar surface area (TPSA) is 94.5 Å². The third-order valence-electron chi connectivity index (χ3n) is 4.19. The van der Waals surface area contributed by atoms with Crippen LogP contribution in [-0.4, -0.2) is 30.6 Å². The second-order valence-electron chi connectivity index (χ2n) is 5.49. The number of hydrogen-bond donors (Lipinski definition) is 2. The highest BCUT2D eigenvalue weighted by atomic mass is 16.5. The molecule has 21 heavy (non-hydrogen) atoms. The van der Waals surface area contributed by atoms with Crippen LogP contribution in [0.3, 0.4) is 0 Å². The molecule has 1 fully saturated rings.